The van der Waals surface area contributed by atoms with Crippen LogP contribution in [-0.4, -0.2) is 65.5 Å². The lowest BCUT2D eigenvalue weighted by Crippen LogP contribution is -2.49. The van der Waals surface area contributed by atoms with E-state index < -0.39 is 0 Å². The number of hydrogen-bond donors (Lipinski definition) is 0. The molecule has 1 aliphatic heterocycles. The predicted octanol–water partition coefficient (Wildman–Crippen LogP) is 2.55. The molecule has 1 amide bonds. The van der Waals surface area contributed by atoms with Crippen molar-refractivity contribution in [3.8, 4) is 5.82 Å². The maximum Gasteiger partial charge on any atom is 0.254 e. The van der Waals surface area contributed by atoms with Gasteiger partial charge < -0.3 is 9.80 Å². The van der Waals surface area contributed by atoms with Crippen LogP contribution >= 0.6 is 11.7 Å². The van der Waals surface area contributed by atoms with Gasteiger partial charge in [0.25, 0.3) is 5.91 Å². The lowest BCUT2D eigenvalue weighted by atomic mass is 10.1. The van der Waals surface area contributed by atoms with Crippen LogP contribution in [-0.2, 0) is 0 Å². The van der Waals surface area contributed by atoms with Gasteiger partial charge in [0.15, 0.2) is 5.82 Å². The van der Waals surface area contributed by atoms with Crippen LogP contribution in [0, 0.1) is 20.8 Å². The Hall–Kier alpha value is -3.40. The van der Waals surface area contributed by atoms with E-state index >= 15 is 0 Å². The van der Waals surface area contributed by atoms with Crippen molar-refractivity contribution in [2.24, 2.45) is 0 Å². The summed E-state index contributed by atoms with van der Waals surface area (Å²) in [6.07, 6.45) is 0. The molecule has 1 saturated heterocycles. The van der Waals surface area contributed by atoms with Gasteiger partial charge in [-0.15, -0.1) is 0 Å². The van der Waals surface area contributed by atoms with Crippen molar-refractivity contribution >= 4 is 34.5 Å². The van der Waals surface area contributed by atoms with Crippen LogP contribution in [0.25, 0.3) is 16.9 Å². The molecule has 0 spiro atoms. The van der Waals surface area contributed by atoms with Crippen molar-refractivity contribution in [3.05, 3.63) is 53.1 Å². The van der Waals surface area contributed by atoms with Crippen molar-refractivity contribution in [1.29, 1.82) is 0 Å². The van der Waals surface area contributed by atoms with Crippen molar-refractivity contribution in [2.45, 2.75) is 20.8 Å². The van der Waals surface area contributed by atoms with Gasteiger partial charge in [0.2, 0.25) is 0 Å². The fraction of sp³-hybridized carbons (Fsp3) is 0.333. The first-order valence-electron chi connectivity index (χ1n) is 10.1. The molecule has 9 nitrogen and oxygen atoms in total. The molecule has 0 radical (unpaired) electrons. The summed E-state index contributed by atoms with van der Waals surface area (Å²) in [6.45, 7) is 8.55. The molecule has 1 fully saturated rings. The molecule has 158 valence electrons. The number of carbonyl (C=O) groups is 1. The first-order valence-corrected chi connectivity index (χ1v) is 10.9. The minimum Gasteiger partial charge on any atom is -0.353 e. The third-order valence-electron chi connectivity index (χ3n) is 5.43. The Morgan fingerprint density at radius 1 is 0.903 bits per heavy atom. The Kier molecular flexibility index (Phi) is 4.85. The Balaban J connectivity index is 1.32. The molecule has 31 heavy (non-hydrogen) atoms. The second-order valence-corrected chi connectivity index (χ2v) is 8.25. The zero-order valence-corrected chi connectivity index (χ0v) is 18.4. The van der Waals surface area contributed by atoms with E-state index in [0.29, 0.717) is 37.6 Å². The summed E-state index contributed by atoms with van der Waals surface area (Å²) in [6, 6.07) is 9.50. The monoisotopic (exact) mass is 434 g/mol. The summed E-state index contributed by atoms with van der Waals surface area (Å²) in [5.41, 5.74) is 4.23. The van der Waals surface area contributed by atoms with Crippen LogP contribution in [0.15, 0.2) is 30.3 Å². The SMILES string of the molecule is Cc1cc(C)n(-c2cc(N3CCN(C(=O)c4ccc5nsnc5c4)CC3)nc(C)n2)n1. The maximum atomic E-state index is 13.0. The molecule has 4 heterocycles. The fourth-order valence-electron chi connectivity index (χ4n) is 3.90. The van der Waals surface area contributed by atoms with Gasteiger partial charge in [0.1, 0.15) is 22.7 Å². The maximum absolute atomic E-state index is 13.0. The van der Waals surface area contributed by atoms with Crippen LogP contribution in [0.1, 0.15) is 27.6 Å². The Labute approximate surface area is 183 Å². The summed E-state index contributed by atoms with van der Waals surface area (Å²) in [4.78, 5) is 26.2. The normalized spacial score (nSPS) is 14.4. The number of aromatic nitrogens is 6. The number of nitrogens with zero attached hydrogens (tertiary/aromatic N) is 8. The highest BCUT2D eigenvalue weighted by molar-refractivity contribution is 7.00. The lowest BCUT2D eigenvalue weighted by molar-refractivity contribution is 0.0746. The van der Waals surface area contributed by atoms with Crippen LogP contribution in [0.4, 0.5) is 5.82 Å². The summed E-state index contributed by atoms with van der Waals surface area (Å²) in [5.74, 6) is 2.34. The van der Waals surface area contributed by atoms with Crippen molar-refractivity contribution in [3.63, 3.8) is 0 Å². The smallest absolute Gasteiger partial charge is 0.254 e. The molecule has 0 saturated carbocycles. The average Bonchev–Trinajstić information content (AvgIpc) is 3.37. The Bertz CT molecular complexity index is 1270. The number of amides is 1. The van der Waals surface area contributed by atoms with Crippen LogP contribution < -0.4 is 4.90 Å². The molecule has 3 aromatic heterocycles. The van der Waals surface area contributed by atoms with E-state index in [1.165, 1.54) is 0 Å². The van der Waals surface area contributed by atoms with Gasteiger partial charge in [0.05, 0.1) is 17.4 Å². The zero-order valence-electron chi connectivity index (χ0n) is 17.6. The summed E-state index contributed by atoms with van der Waals surface area (Å²) >= 11 is 1.16. The predicted molar refractivity (Wildman–Crippen MR) is 119 cm³/mol. The van der Waals surface area contributed by atoms with Crippen molar-refractivity contribution in [1.82, 2.24) is 33.4 Å². The van der Waals surface area contributed by atoms with Crippen LogP contribution in [0.2, 0.25) is 0 Å². The van der Waals surface area contributed by atoms with E-state index in [-0.39, 0.29) is 5.91 Å². The summed E-state index contributed by atoms with van der Waals surface area (Å²) < 4.78 is 10.3. The standard InChI is InChI=1S/C21H22N8OS/c1-13-10-14(2)29(24-13)20-12-19(22-15(3)23-20)27-6-8-28(9-7-27)21(30)16-4-5-17-18(11-16)26-31-25-17/h4-5,10-12H,6-9H2,1-3H3. The van der Waals surface area contributed by atoms with Gasteiger partial charge in [0, 0.05) is 43.5 Å². The van der Waals surface area contributed by atoms with Gasteiger partial charge in [-0.2, -0.15) is 13.8 Å². The molecular weight excluding hydrogens is 412 g/mol. The molecule has 0 bridgehead atoms. The zero-order chi connectivity index (χ0) is 21.5. The quantitative estimate of drug-likeness (QED) is 0.489. The highest BCUT2D eigenvalue weighted by atomic mass is 32.1. The molecule has 0 N–H and O–H groups in total. The first kappa shape index (κ1) is 19.6. The van der Waals surface area contributed by atoms with E-state index in [1.807, 2.05) is 60.7 Å². The number of benzene rings is 1. The molecular formula is C21H22N8OS. The van der Waals surface area contributed by atoms with Crippen LogP contribution in [0.5, 0.6) is 0 Å². The minimum atomic E-state index is 0.0248. The van der Waals surface area contributed by atoms with Gasteiger partial charge in [-0.3, -0.25) is 4.79 Å². The molecule has 0 unspecified atom stereocenters. The minimum absolute atomic E-state index is 0.0248. The largest absolute Gasteiger partial charge is 0.353 e. The lowest BCUT2D eigenvalue weighted by Gasteiger charge is -2.35. The molecule has 4 aromatic rings. The van der Waals surface area contributed by atoms with E-state index in [1.54, 1.807) is 0 Å². The highest BCUT2D eigenvalue weighted by Gasteiger charge is 2.24. The molecule has 0 atom stereocenters. The topological polar surface area (TPSA) is 92.9 Å². The van der Waals surface area contributed by atoms with Gasteiger partial charge in [-0.25, -0.2) is 14.6 Å². The second kappa shape index (κ2) is 7.69. The van der Waals surface area contributed by atoms with Crippen molar-refractivity contribution < 1.29 is 4.79 Å². The number of piperazine rings is 1. The van der Waals surface area contributed by atoms with Gasteiger partial charge in [-0.05, 0) is 45.0 Å². The fourth-order valence-corrected chi connectivity index (χ4v) is 4.42. The Morgan fingerprint density at radius 2 is 1.65 bits per heavy atom. The molecule has 1 aliphatic rings. The second-order valence-electron chi connectivity index (χ2n) is 7.72. The van der Waals surface area contributed by atoms with E-state index in [9.17, 15) is 4.79 Å². The van der Waals surface area contributed by atoms with E-state index in [0.717, 1.165) is 45.8 Å². The van der Waals surface area contributed by atoms with Gasteiger partial charge >= 0.3 is 0 Å². The molecule has 10 heteroatoms. The number of anilines is 1. The number of hydrogen-bond acceptors (Lipinski definition) is 8. The molecule has 0 aliphatic carbocycles. The number of rotatable bonds is 3. The van der Waals surface area contributed by atoms with Crippen LogP contribution in [0.3, 0.4) is 0 Å². The number of carbonyl (C=O) groups excluding carboxylic acids is 1. The van der Waals surface area contributed by atoms with Gasteiger partial charge in [-0.1, -0.05) is 0 Å². The third kappa shape index (κ3) is 3.74. The summed E-state index contributed by atoms with van der Waals surface area (Å²) in [7, 11) is 0. The highest BCUT2D eigenvalue weighted by Crippen LogP contribution is 2.20. The van der Waals surface area contributed by atoms with E-state index in [2.05, 4.69) is 28.7 Å². The number of fused-ring (bicyclic) bond motifs is 1. The molecule has 1 aromatic carbocycles. The first-order chi connectivity index (χ1) is 15.0. The number of aryl methyl sites for hydroxylation is 3. The van der Waals surface area contributed by atoms with Crippen molar-refractivity contribution in [2.75, 3.05) is 31.1 Å². The summed E-state index contributed by atoms with van der Waals surface area (Å²) in [5, 5.41) is 4.54. The third-order valence-corrected chi connectivity index (χ3v) is 5.99. The van der Waals surface area contributed by atoms with E-state index in [4.69, 9.17) is 0 Å². The molecule has 5 rings (SSSR count). The Morgan fingerprint density at radius 3 is 2.39 bits per heavy atom. The average molecular weight is 435 g/mol.